The van der Waals surface area contributed by atoms with Crippen LogP contribution >= 0.6 is 46.4 Å². The first-order chi connectivity index (χ1) is 18.1. The van der Waals surface area contributed by atoms with Crippen LogP contribution in [0.2, 0.25) is 20.1 Å². The molecule has 0 fully saturated rings. The highest BCUT2D eigenvalue weighted by atomic mass is 35.5. The molecule has 3 amide bonds. The van der Waals surface area contributed by atoms with Gasteiger partial charge in [-0.25, -0.2) is 4.99 Å². The lowest BCUT2D eigenvalue weighted by Gasteiger charge is -2.16. The topological polar surface area (TPSA) is 109 Å². The number of hydrogen-bond donors (Lipinski definition) is 3. The van der Waals surface area contributed by atoms with Crippen LogP contribution in [0.25, 0.3) is 0 Å². The van der Waals surface area contributed by atoms with Gasteiger partial charge >= 0.3 is 0 Å². The van der Waals surface area contributed by atoms with E-state index in [2.05, 4.69) is 20.9 Å². The van der Waals surface area contributed by atoms with Crippen LogP contribution in [-0.2, 0) is 9.59 Å². The van der Waals surface area contributed by atoms with Gasteiger partial charge in [-0.15, -0.1) is 0 Å². The van der Waals surface area contributed by atoms with E-state index >= 15 is 0 Å². The molecule has 1 unspecified atom stereocenters. The second kappa shape index (κ2) is 12.0. The van der Waals surface area contributed by atoms with Crippen molar-refractivity contribution in [2.24, 2.45) is 4.99 Å². The summed E-state index contributed by atoms with van der Waals surface area (Å²) in [6.07, 6.45) is -1.36. The molecule has 0 spiro atoms. The van der Waals surface area contributed by atoms with Crippen LogP contribution in [-0.4, -0.2) is 42.8 Å². The Labute approximate surface area is 238 Å². The number of halogens is 4. The molecule has 0 saturated carbocycles. The zero-order valence-electron chi connectivity index (χ0n) is 19.8. The van der Waals surface area contributed by atoms with Crippen molar-refractivity contribution in [3.63, 3.8) is 0 Å². The van der Waals surface area contributed by atoms with Crippen LogP contribution in [0.5, 0.6) is 5.75 Å². The first-order valence-electron chi connectivity index (χ1n) is 11.2. The minimum absolute atomic E-state index is 0.0780. The Morgan fingerprint density at radius 3 is 2.42 bits per heavy atom. The Bertz CT molecular complexity index is 1440. The van der Waals surface area contributed by atoms with Gasteiger partial charge in [0.05, 0.1) is 33.6 Å². The summed E-state index contributed by atoms with van der Waals surface area (Å²) < 4.78 is 5.67. The Kier molecular flexibility index (Phi) is 8.79. The molecule has 196 valence electrons. The lowest BCUT2D eigenvalue weighted by atomic mass is 10.0. The van der Waals surface area contributed by atoms with Gasteiger partial charge in [0.2, 0.25) is 12.1 Å². The number of ether oxygens (including phenoxy) is 1. The summed E-state index contributed by atoms with van der Waals surface area (Å²) in [6.45, 7) is 1.73. The smallest absolute Gasteiger partial charge is 0.269 e. The Hall–Kier alpha value is -3.30. The molecular weight excluding hydrogens is 574 g/mol. The molecule has 1 atom stereocenters. The van der Waals surface area contributed by atoms with Crippen molar-refractivity contribution in [1.29, 1.82) is 0 Å². The molecule has 3 N–H and O–H groups in total. The molecule has 1 aliphatic rings. The van der Waals surface area contributed by atoms with Crippen LogP contribution in [0, 0.1) is 0 Å². The molecule has 8 nitrogen and oxygen atoms in total. The molecule has 0 saturated heterocycles. The fraction of sp³-hybridized carbons (Fsp3) is 0.154. The second-order valence-electron chi connectivity index (χ2n) is 8.10. The summed E-state index contributed by atoms with van der Waals surface area (Å²) in [7, 11) is 0. The maximum Gasteiger partial charge on any atom is 0.269 e. The number of hydrogen-bond acceptors (Lipinski definition) is 5. The lowest BCUT2D eigenvalue weighted by Crippen LogP contribution is -2.42. The van der Waals surface area contributed by atoms with E-state index in [0.29, 0.717) is 21.8 Å². The molecule has 3 aromatic carbocycles. The van der Waals surface area contributed by atoms with E-state index in [0.717, 1.165) is 0 Å². The SMILES string of the molecule is CC(=O)NCCOc1ccc(Cl)cc1C(=O)NC1N=C(c2c(Cl)cc(Cl)cc2Cl)c2ccccc2NC1=O. The molecular formula is C26H20Cl4N4O4. The van der Waals surface area contributed by atoms with Crippen molar-refractivity contribution < 1.29 is 19.1 Å². The van der Waals surface area contributed by atoms with E-state index in [4.69, 9.17) is 51.1 Å². The zero-order valence-corrected chi connectivity index (χ0v) is 22.8. The van der Waals surface area contributed by atoms with E-state index < -0.39 is 18.0 Å². The number of carbonyl (C=O) groups is 3. The average Bonchev–Trinajstić information content (AvgIpc) is 2.98. The predicted octanol–water partition coefficient (Wildman–Crippen LogP) is 5.36. The number of nitrogens with one attached hydrogen (secondary N) is 3. The monoisotopic (exact) mass is 592 g/mol. The molecule has 1 aliphatic heterocycles. The number of benzodiazepines with no additional fused rings is 1. The minimum atomic E-state index is -1.36. The fourth-order valence-electron chi connectivity index (χ4n) is 3.72. The number of nitrogens with zero attached hydrogens (tertiary/aromatic N) is 1. The van der Waals surface area contributed by atoms with E-state index in [1.54, 1.807) is 30.3 Å². The van der Waals surface area contributed by atoms with E-state index in [1.807, 2.05) is 0 Å². The number of amides is 3. The highest BCUT2D eigenvalue weighted by Crippen LogP contribution is 2.34. The zero-order chi connectivity index (χ0) is 27.4. The number of carbonyl (C=O) groups excluding carboxylic acids is 3. The molecule has 0 aromatic heterocycles. The summed E-state index contributed by atoms with van der Waals surface area (Å²) in [5.74, 6) is -1.25. The van der Waals surface area contributed by atoms with Gasteiger partial charge in [0, 0.05) is 28.1 Å². The Morgan fingerprint density at radius 1 is 1.00 bits per heavy atom. The van der Waals surface area contributed by atoms with Gasteiger partial charge in [0.25, 0.3) is 11.8 Å². The van der Waals surface area contributed by atoms with Gasteiger partial charge in [0.15, 0.2) is 0 Å². The van der Waals surface area contributed by atoms with Gasteiger partial charge in [0.1, 0.15) is 12.4 Å². The van der Waals surface area contributed by atoms with Gasteiger partial charge in [-0.05, 0) is 36.4 Å². The summed E-state index contributed by atoms with van der Waals surface area (Å²) in [6, 6.07) is 14.5. The average molecular weight is 594 g/mol. The highest BCUT2D eigenvalue weighted by molar-refractivity contribution is 6.44. The summed E-state index contributed by atoms with van der Waals surface area (Å²) in [5, 5.41) is 9.07. The Morgan fingerprint density at radius 2 is 1.71 bits per heavy atom. The predicted molar refractivity (Wildman–Crippen MR) is 149 cm³/mol. The van der Waals surface area contributed by atoms with E-state index in [1.165, 1.54) is 31.2 Å². The lowest BCUT2D eigenvalue weighted by molar-refractivity contribution is -0.119. The first kappa shape index (κ1) is 27.7. The minimum Gasteiger partial charge on any atom is -0.491 e. The molecule has 1 heterocycles. The third kappa shape index (κ3) is 6.39. The third-order valence-corrected chi connectivity index (χ3v) is 6.43. The number of anilines is 1. The van der Waals surface area contributed by atoms with Gasteiger partial charge < -0.3 is 20.7 Å². The van der Waals surface area contributed by atoms with Crippen molar-refractivity contribution in [1.82, 2.24) is 10.6 Å². The van der Waals surface area contributed by atoms with Crippen molar-refractivity contribution in [3.8, 4) is 5.75 Å². The fourth-order valence-corrected chi connectivity index (χ4v) is 4.89. The molecule has 0 radical (unpaired) electrons. The van der Waals surface area contributed by atoms with E-state index in [-0.39, 0.29) is 51.2 Å². The number of fused-ring (bicyclic) bond motifs is 1. The maximum atomic E-state index is 13.3. The van der Waals surface area contributed by atoms with Gasteiger partial charge in [-0.1, -0.05) is 64.6 Å². The van der Waals surface area contributed by atoms with E-state index in [9.17, 15) is 14.4 Å². The van der Waals surface area contributed by atoms with Crippen molar-refractivity contribution in [2.75, 3.05) is 18.5 Å². The number of benzene rings is 3. The van der Waals surface area contributed by atoms with Crippen molar-refractivity contribution in [2.45, 2.75) is 13.1 Å². The summed E-state index contributed by atoms with van der Waals surface area (Å²) in [4.78, 5) is 42.2. The summed E-state index contributed by atoms with van der Waals surface area (Å²) >= 11 is 25.2. The molecule has 3 aromatic rings. The normalized spacial score (nSPS) is 14.5. The Balaban J connectivity index is 1.70. The molecule has 38 heavy (non-hydrogen) atoms. The number of para-hydroxylation sites is 1. The van der Waals surface area contributed by atoms with Crippen LogP contribution in [0.1, 0.15) is 28.4 Å². The maximum absolute atomic E-state index is 13.3. The standard InChI is InChI=1S/C26H20Cl4N4O4/c1-13(35)31-8-9-38-21-7-6-14(27)10-17(21)25(36)34-24-26(37)32-20-5-3-2-4-16(20)23(33-24)22-18(29)11-15(28)12-19(22)30/h2-7,10-12,24H,8-9H2,1H3,(H,31,35)(H,32,37)(H,34,36). The van der Waals surface area contributed by atoms with Gasteiger partial charge in [-0.3, -0.25) is 14.4 Å². The van der Waals surface area contributed by atoms with Crippen LogP contribution in [0.3, 0.4) is 0 Å². The second-order valence-corrected chi connectivity index (χ2v) is 9.79. The molecule has 0 aliphatic carbocycles. The largest absolute Gasteiger partial charge is 0.491 e. The quantitative estimate of drug-likeness (QED) is 0.320. The molecule has 12 heteroatoms. The van der Waals surface area contributed by atoms with Gasteiger partial charge in [-0.2, -0.15) is 0 Å². The first-order valence-corrected chi connectivity index (χ1v) is 12.8. The van der Waals surface area contributed by atoms with Crippen molar-refractivity contribution in [3.05, 3.63) is 91.4 Å². The third-order valence-electron chi connectivity index (χ3n) is 5.38. The van der Waals surface area contributed by atoms with Crippen molar-refractivity contribution >= 4 is 75.5 Å². The number of rotatable bonds is 7. The molecule has 4 rings (SSSR count). The molecule has 0 bridgehead atoms. The van der Waals surface area contributed by atoms with Crippen LogP contribution < -0.4 is 20.7 Å². The van der Waals surface area contributed by atoms with Crippen LogP contribution in [0.15, 0.2) is 59.6 Å². The van der Waals surface area contributed by atoms with Crippen LogP contribution in [0.4, 0.5) is 5.69 Å². The number of aliphatic imine (C=N–C) groups is 1. The summed E-state index contributed by atoms with van der Waals surface area (Å²) in [5.41, 5.74) is 1.72. The highest BCUT2D eigenvalue weighted by Gasteiger charge is 2.30.